The molecule has 2 N–H and O–H groups in total. The van der Waals surface area contributed by atoms with E-state index in [1.807, 2.05) is 13.0 Å². The standard InChI is InChI=1S/C17H20FNS/c1-10-5-6-11(2)16(7-10)20-17-8-12(3)15(18)9-14(17)13(4)19/h5-9,13H,19H2,1-4H3/t13-/m0/s1. The Bertz CT molecular complexity index is 635. The summed E-state index contributed by atoms with van der Waals surface area (Å²) in [6.45, 7) is 7.83. The number of benzene rings is 2. The summed E-state index contributed by atoms with van der Waals surface area (Å²) in [7, 11) is 0. The van der Waals surface area contributed by atoms with Crippen LogP contribution in [0.3, 0.4) is 0 Å². The van der Waals surface area contributed by atoms with E-state index < -0.39 is 0 Å². The topological polar surface area (TPSA) is 26.0 Å². The molecule has 0 aliphatic heterocycles. The molecule has 106 valence electrons. The normalized spacial score (nSPS) is 12.5. The van der Waals surface area contributed by atoms with E-state index in [2.05, 4.69) is 32.0 Å². The molecule has 2 rings (SSSR count). The fourth-order valence-electron chi connectivity index (χ4n) is 2.05. The van der Waals surface area contributed by atoms with E-state index in [0.29, 0.717) is 5.56 Å². The minimum atomic E-state index is -0.192. The number of halogens is 1. The molecule has 0 aromatic heterocycles. The Morgan fingerprint density at radius 1 is 1.00 bits per heavy atom. The van der Waals surface area contributed by atoms with E-state index in [0.717, 1.165) is 10.5 Å². The average molecular weight is 289 g/mol. The van der Waals surface area contributed by atoms with Crippen LogP contribution in [0.1, 0.15) is 35.2 Å². The van der Waals surface area contributed by atoms with Crippen LogP contribution in [-0.4, -0.2) is 0 Å². The smallest absolute Gasteiger partial charge is 0.126 e. The summed E-state index contributed by atoms with van der Waals surface area (Å²) in [4.78, 5) is 2.23. The molecule has 0 bridgehead atoms. The van der Waals surface area contributed by atoms with Crippen LogP contribution in [0.25, 0.3) is 0 Å². The van der Waals surface area contributed by atoms with Gasteiger partial charge in [0.05, 0.1) is 0 Å². The molecule has 0 amide bonds. The Morgan fingerprint density at radius 3 is 2.35 bits per heavy atom. The van der Waals surface area contributed by atoms with Gasteiger partial charge in [0, 0.05) is 15.8 Å². The Balaban J connectivity index is 2.47. The fourth-order valence-corrected chi connectivity index (χ4v) is 3.36. The second kappa shape index (κ2) is 5.98. The van der Waals surface area contributed by atoms with E-state index in [-0.39, 0.29) is 11.9 Å². The van der Waals surface area contributed by atoms with Crippen LogP contribution >= 0.6 is 11.8 Å². The van der Waals surface area contributed by atoms with Crippen molar-refractivity contribution in [3.8, 4) is 0 Å². The molecule has 0 spiro atoms. The van der Waals surface area contributed by atoms with Gasteiger partial charge in [0.1, 0.15) is 5.82 Å². The van der Waals surface area contributed by atoms with Gasteiger partial charge in [-0.05, 0) is 68.1 Å². The number of rotatable bonds is 3. The molecule has 0 saturated carbocycles. The maximum Gasteiger partial charge on any atom is 0.126 e. The summed E-state index contributed by atoms with van der Waals surface area (Å²) < 4.78 is 13.7. The minimum absolute atomic E-state index is 0.183. The van der Waals surface area contributed by atoms with E-state index >= 15 is 0 Å². The molecule has 0 radical (unpaired) electrons. The third kappa shape index (κ3) is 3.22. The minimum Gasteiger partial charge on any atom is -0.324 e. The first-order valence-electron chi connectivity index (χ1n) is 6.69. The van der Waals surface area contributed by atoms with Crippen molar-refractivity contribution < 1.29 is 4.39 Å². The lowest BCUT2D eigenvalue weighted by Gasteiger charge is -2.15. The van der Waals surface area contributed by atoms with Crippen LogP contribution in [0.2, 0.25) is 0 Å². The van der Waals surface area contributed by atoms with Crippen molar-refractivity contribution in [1.29, 1.82) is 0 Å². The van der Waals surface area contributed by atoms with Crippen LogP contribution in [0.4, 0.5) is 4.39 Å². The predicted octanol–water partition coefficient (Wildman–Crippen LogP) is 4.92. The number of aryl methyl sites for hydroxylation is 3. The van der Waals surface area contributed by atoms with E-state index in [9.17, 15) is 4.39 Å². The Labute approximate surface area is 124 Å². The van der Waals surface area contributed by atoms with Gasteiger partial charge in [-0.1, -0.05) is 23.9 Å². The molecule has 2 aromatic carbocycles. The van der Waals surface area contributed by atoms with Gasteiger partial charge < -0.3 is 5.73 Å². The number of hydrogen-bond donors (Lipinski definition) is 1. The van der Waals surface area contributed by atoms with Gasteiger partial charge in [0.25, 0.3) is 0 Å². The molecule has 0 fully saturated rings. The molecule has 2 aromatic rings. The summed E-state index contributed by atoms with van der Waals surface area (Å²) in [6, 6.07) is 9.64. The predicted molar refractivity (Wildman–Crippen MR) is 83.8 cm³/mol. The van der Waals surface area contributed by atoms with E-state index in [1.54, 1.807) is 24.8 Å². The average Bonchev–Trinajstić information content (AvgIpc) is 2.37. The van der Waals surface area contributed by atoms with Crippen molar-refractivity contribution >= 4 is 11.8 Å². The molecular weight excluding hydrogens is 269 g/mol. The quantitative estimate of drug-likeness (QED) is 0.867. The highest BCUT2D eigenvalue weighted by atomic mass is 32.2. The highest BCUT2D eigenvalue weighted by molar-refractivity contribution is 7.99. The van der Waals surface area contributed by atoms with Gasteiger partial charge in [-0.2, -0.15) is 0 Å². The molecule has 1 nitrogen and oxygen atoms in total. The monoisotopic (exact) mass is 289 g/mol. The highest BCUT2D eigenvalue weighted by Gasteiger charge is 2.13. The third-order valence-electron chi connectivity index (χ3n) is 3.35. The maximum atomic E-state index is 13.7. The van der Waals surface area contributed by atoms with Crippen LogP contribution in [0.15, 0.2) is 40.1 Å². The maximum absolute atomic E-state index is 13.7. The van der Waals surface area contributed by atoms with Gasteiger partial charge >= 0.3 is 0 Å². The van der Waals surface area contributed by atoms with Crippen LogP contribution in [0.5, 0.6) is 0 Å². The van der Waals surface area contributed by atoms with Crippen molar-refractivity contribution in [2.75, 3.05) is 0 Å². The summed E-state index contributed by atoms with van der Waals surface area (Å²) in [5.74, 6) is -0.192. The lowest BCUT2D eigenvalue weighted by molar-refractivity contribution is 0.610. The zero-order valence-corrected chi connectivity index (χ0v) is 13.1. The van der Waals surface area contributed by atoms with Crippen LogP contribution in [0, 0.1) is 26.6 Å². The zero-order valence-electron chi connectivity index (χ0n) is 12.3. The number of hydrogen-bond acceptors (Lipinski definition) is 2. The molecule has 3 heteroatoms. The Kier molecular flexibility index (Phi) is 4.51. The van der Waals surface area contributed by atoms with Crippen molar-refractivity contribution in [1.82, 2.24) is 0 Å². The van der Waals surface area contributed by atoms with Crippen LogP contribution in [-0.2, 0) is 0 Å². The third-order valence-corrected chi connectivity index (χ3v) is 4.58. The van der Waals surface area contributed by atoms with Crippen molar-refractivity contribution in [2.45, 2.75) is 43.5 Å². The Morgan fingerprint density at radius 2 is 1.70 bits per heavy atom. The summed E-state index contributed by atoms with van der Waals surface area (Å²) in [6.07, 6.45) is 0. The molecule has 20 heavy (non-hydrogen) atoms. The second-order valence-electron chi connectivity index (χ2n) is 5.30. The molecular formula is C17H20FNS. The first-order chi connectivity index (χ1) is 9.38. The van der Waals surface area contributed by atoms with Gasteiger partial charge in [-0.3, -0.25) is 0 Å². The molecule has 0 saturated heterocycles. The summed E-state index contributed by atoms with van der Waals surface area (Å²) in [5, 5.41) is 0. The van der Waals surface area contributed by atoms with Gasteiger partial charge in [0.15, 0.2) is 0 Å². The van der Waals surface area contributed by atoms with Gasteiger partial charge in [0.2, 0.25) is 0 Å². The van der Waals surface area contributed by atoms with Gasteiger partial charge in [-0.15, -0.1) is 0 Å². The first-order valence-corrected chi connectivity index (χ1v) is 7.51. The Hall–Kier alpha value is -1.32. The fraction of sp³-hybridized carbons (Fsp3) is 0.294. The number of nitrogens with two attached hydrogens (primary N) is 1. The lowest BCUT2D eigenvalue weighted by Crippen LogP contribution is -2.07. The molecule has 0 unspecified atom stereocenters. The van der Waals surface area contributed by atoms with E-state index in [1.165, 1.54) is 16.0 Å². The van der Waals surface area contributed by atoms with E-state index in [4.69, 9.17) is 5.73 Å². The molecule has 0 heterocycles. The largest absolute Gasteiger partial charge is 0.324 e. The summed E-state index contributed by atoms with van der Waals surface area (Å²) in [5.41, 5.74) is 9.93. The SMILES string of the molecule is Cc1ccc(C)c(Sc2cc(C)c(F)cc2[C@H](C)N)c1. The zero-order chi connectivity index (χ0) is 14.9. The van der Waals surface area contributed by atoms with Crippen molar-refractivity contribution in [3.63, 3.8) is 0 Å². The molecule has 1 atom stereocenters. The lowest BCUT2D eigenvalue weighted by atomic mass is 10.1. The van der Waals surface area contributed by atoms with Crippen molar-refractivity contribution in [2.24, 2.45) is 5.73 Å². The van der Waals surface area contributed by atoms with Gasteiger partial charge in [-0.25, -0.2) is 4.39 Å². The first kappa shape index (κ1) is 15.1. The summed E-state index contributed by atoms with van der Waals surface area (Å²) >= 11 is 1.66. The van der Waals surface area contributed by atoms with Crippen molar-refractivity contribution in [3.05, 3.63) is 58.4 Å². The highest BCUT2D eigenvalue weighted by Crippen LogP contribution is 2.36. The second-order valence-corrected chi connectivity index (χ2v) is 6.38. The van der Waals surface area contributed by atoms with Crippen LogP contribution < -0.4 is 5.73 Å². The molecule has 0 aliphatic rings. The molecule has 0 aliphatic carbocycles.